The number of carbonyl (C=O) groups excluding carboxylic acids is 1. The summed E-state index contributed by atoms with van der Waals surface area (Å²) in [6.07, 6.45) is 4.96. The molecule has 0 radical (unpaired) electrons. The Kier molecular flexibility index (Phi) is 7.32. The number of thiazole rings is 1. The van der Waals surface area contributed by atoms with E-state index in [9.17, 15) is 4.79 Å². The molecule has 3 rings (SSSR count). The number of likely N-dealkylation sites (tertiary alicyclic amines) is 1. The van der Waals surface area contributed by atoms with E-state index in [0.717, 1.165) is 62.4 Å². The molecule has 1 amide bonds. The van der Waals surface area contributed by atoms with Crippen molar-refractivity contribution in [3.8, 4) is 0 Å². The fourth-order valence-corrected chi connectivity index (χ4v) is 4.50. The van der Waals surface area contributed by atoms with Crippen molar-refractivity contribution in [3.63, 3.8) is 0 Å². The minimum absolute atomic E-state index is 0.235. The Bertz CT molecular complexity index is 640. The zero-order valence-electron chi connectivity index (χ0n) is 16.5. The first-order valence-electron chi connectivity index (χ1n) is 10.2. The molecule has 1 unspecified atom stereocenters. The highest BCUT2D eigenvalue weighted by Crippen LogP contribution is 2.24. The number of nitrogens with zero attached hydrogens (tertiary/aromatic N) is 4. The molecule has 2 N–H and O–H groups in total. The van der Waals surface area contributed by atoms with Gasteiger partial charge < -0.3 is 20.4 Å². The predicted molar refractivity (Wildman–Crippen MR) is 112 cm³/mol. The second-order valence-corrected chi connectivity index (χ2v) is 7.99. The first-order chi connectivity index (χ1) is 13.2. The maximum atomic E-state index is 11.8. The highest BCUT2D eigenvalue weighted by Gasteiger charge is 2.25. The number of carbonyl (C=O) groups is 1. The third kappa shape index (κ3) is 5.57. The number of guanidine groups is 1. The maximum absolute atomic E-state index is 11.8. The molecule has 2 saturated heterocycles. The average molecular weight is 393 g/mol. The molecule has 0 spiro atoms. The van der Waals surface area contributed by atoms with Crippen LogP contribution in [-0.2, 0) is 11.2 Å². The molecule has 2 aliphatic heterocycles. The van der Waals surface area contributed by atoms with E-state index in [4.69, 9.17) is 9.98 Å². The molecular weight excluding hydrogens is 360 g/mol. The van der Waals surface area contributed by atoms with Gasteiger partial charge in [0.05, 0.1) is 5.69 Å². The summed E-state index contributed by atoms with van der Waals surface area (Å²) in [6, 6.07) is 0.277. The van der Waals surface area contributed by atoms with Gasteiger partial charge in [0.2, 0.25) is 5.91 Å². The first-order valence-corrected chi connectivity index (χ1v) is 11.1. The van der Waals surface area contributed by atoms with Crippen LogP contribution in [0.25, 0.3) is 0 Å². The molecule has 27 heavy (non-hydrogen) atoms. The van der Waals surface area contributed by atoms with Gasteiger partial charge in [0.15, 0.2) is 11.1 Å². The van der Waals surface area contributed by atoms with Crippen molar-refractivity contribution in [2.24, 2.45) is 4.99 Å². The number of hydrogen-bond acceptors (Lipinski definition) is 5. The molecule has 0 saturated carbocycles. The fourth-order valence-electron chi connectivity index (χ4n) is 3.59. The van der Waals surface area contributed by atoms with Crippen LogP contribution in [0.1, 0.15) is 45.2 Å². The lowest BCUT2D eigenvalue weighted by Crippen LogP contribution is -2.45. The summed E-state index contributed by atoms with van der Waals surface area (Å²) in [5.41, 5.74) is 1.13. The van der Waals surface area contributed by atoms with E-state index in [0.29, 0.717) is 13.0 Å². The number of rotatable bonds is 7. The van der Waals surface area contributed by atoms with E-state index >= 15 is 0 Å². The van der Waals surface area contributed by atoms with Crippen LogP contribution in [-0.4, -0.2) is 67.1 Å². The Morgan fingerprint density at radius 3 is 2.89 bits per heavy atom. The summed E-state index contributed by atoms with van der Waals surface area (Å²) in [5, 5.41) is 10.1. The van der Waals surface area contributed by atoms with Gasteiger partial charge in [-0.05, 0) is 26.2 Å². The highest BCUT2D eigenvalue weighted by atomic mass is 32.1. The molecule has 3 heterocycles. The molecule has 0 aromatic carbocycles. The SMILES string of the molecule is CCNC(=NCCc1csc(N2CCCC2)n1)NC1CCN(C(=O)CC)C1. The summed E-state index contributed by atoms with van der Waals surface area (Å²) in [5.74, 6) is 1.07. The number of amides is 1. The largest absolute Gasteiger partial charge is 0.357 e. The quantitative estimate of drug-likeness (QED) is 0.547. The van der Waals surface area contributed by atoms with E-state index in [1.165, 1.54) is 12.8 Å². The zero-order chi connectivity index (χ0) is 19.1. The summed E-state index contributed by atoms with van der Waals surface area (Å²) >= 11 is 1.74. The van der Waals surface area contributed by atoms with Gasteiger partial charge in [0.25, 0.3) is 0 Å². The second-order valence-electron chi connectivity index (χ2n) is 7.15. The smallest absolute Gasteiger partial charge is 0.222 e. The standard InChI is InChI=1S/C19H32N6OS/c1-3-17(26)25-12-8-15(13-25)22-18(20-4-2)21-9-7-16-14-27-19(23-16)24-10-5-6-11-24/h14-15H,3-13H2,1-2H3,(H2,20,21,22). The van der Waals surface area contributed by atoms with Crippen molar-refractivity contribution in [3.05, 3.63) is 11.1 Å². The third-order valence-electron chi connectivity index (χ3n) is 5.08. The van der Waals surface area contributed by atoms with E-state index in [-0.39, 0.29) is 11.9 Å². The Morgan fingerprint density at radius 1 is 1.33 bits per heavy atom. The van der Waals surface area contributed by atoms with Crippen molar-refractivity contribution in [1.29, 1.82) is 0 Å². The number of nitrogens with one attached hydrogen (secondary N) is 2. The predicted octanol–water partition coefficient (Wildman–Crippen LogP) is 1.85. The molecule has 1 atom stereocenters. The van der Waals surface area contributed by atoms with Crippen LogP contribution in [0.4, 0.5) is 5.13 Å². The number of hydrogen-bond donors (Lipinski definition) is 2. The maximum Gasteiger partial charge on any atom is 0.222 e. The lowest BCUT2D eigenvalue weighted by atomic mass is 10.3. The fraction of sp³-hybridized carbons (Fsp3) is 0.737. The van der Waals surface area contributed by atoms with Crippen molar-refractivity contribution in [1.82, 2.24) is 20.5 Å². The number of aromatic nitrogens is 1. The second kappa shape index (κ2) is 9.92. The molecule has 150 valence electrons. The Morgan fingerprint density at radius 2 is 2.15 bits per heavy atom. The Labute approximate surface area is 166 Å². The minimum Gasteiger partial charge on any atom is -0.357 e. The molecule has 1 aromatic heterocycles. The van der Waals surface area contributed by atoms with E-state index < -0.39 is 0 Å². The van der Waals surface area contributed by atoms with E-state index in [1.807, 2.05) is 11.8 Å². The Balaban J connectivity index is 1.48. The van der Waals surface area contributed by atoms with Crippen LogP contribution in [0.5, 0.6) is 0 Å². The van der Waals surface area contributed by atoms with Crippen LogP contribution in [0.3, 0.4) is 0 Å². The van der Waals surface area contributed by atoms with Crippen LogP contribution < -0.4 is 15.5 Å². The van der Waals surface area contributed by atoms with Crippen LogP contribution in [0.15, 0.2) is 10.4 Å². The summed E-state index contributed by atoms with van der Waals surface area (Å²) < 4.78 is 0. The average Bonchev–Trinajstić information content (AvgIpc) is 3.42. The number of aliphatic imine (C=N–C) groups is 1. The van der Waals surface area contributed by atoms with Crippen LogP contribution in [0.2, 0.25) is 0 Å². The van der Waals surface area contributed by atoms with Gasteiger partial charge >= 0.3 is 0 Å². The topological polar surface area (TPSA) is 72.9 Å². The molecule has 2 fully saturated rings. The van der Waals surface area contributed by atoms with Gasteiger partial charge in [0, 0.05) is 63.5 Å². The molecule has 0 aliphatic carbocycles. The van der Waals surface area contributed by atoms with Crippen LogP contribution >= 0.6 is 11.3 Å². The van der Waals surface area contributed by atoms with Crippen LogP contribution in [0, 0.1) is 0 Å². The summed E-state index contributed by atoms with van der Waals surface area (Å²) in [6.45, 7) is 9.40. The summed E-state index contributed by atoms with van der Waals surface area (Å²) in [4.78, 5) is 25.6. The van der Waals surface area contributed by atoms with Crippen molar-refractivity contribution >= 4 is 28.3 Å². The molecule has 2 aliphatic rings. The lowest BCUT2D eigenvalue weighted by molar-refractivity contribution is -0.129. The molecule has 7 nitrogen and oxygen atoms in total. The minimum atomic E-state index is 0.235. The van der Waals surface area contributed by atoms with E-state index in [2.05, 4.69) is 27.8 Å². The molecular formula is C19H32N6OS. The normalized spacial score (nSPS) is 20.4. The highest BCUT2D eigenvalue weighted by molar-refractivity contribution is 7.13. The molecule has 8 heteroatoms. The van der Waals surface area contributed by atoms with Gasteiger partial charge in [-0.2, -0.15) is 0 Å². The first kappa shape index (κ1) is 19.9. The third-order valence-corrected chi connectivity index (χ3v) is 6.03. The number of anilines is 1. The van der Waals surface area contributed by atoms with Gasteiger partial charge in [-0.1, -0.05) is 6.92 Å². The lowest BCUT2D eigenvalue weighted by Gasteiger charge is -2.18. The molecule has 1 aromatic rings. The van der Waals surface area contributed by atoms with Crippen molar-refractivity contribution in [2.45, 2.75) is 52.0 Å². The van der Waals surface area contributed by atoms with Gasteiger partial charge in [-0.3, -0.25) is 9.79 Å². The van der Waals surface area contributed by atoms with Crippen molar-refractivity contribution < 1.29 is 4.79 Å². The van der Waals surface area contributed by atoms with E-state index in [1.54, 1.807) is 11.3 Å². The van der Waals surface area contributed by atoms with Crippen molar-refractivity contribution in [2.75, 3.05) is 44.2 Å². The zero-order valence-corrected chi connectivity index (χ0v) is 17.4. The van der Waals surface area contributed by atoms with Gasteiger partial charge in [0.1, 0.15) is 0 Å². The summed E-state index contributed by atoms with van der Waals surface area (Å²) in [7, 11) is 0. The Hall–Kier alpha value is -1.83. The molecule has 0 bridgehead atoms. The monoisotopic (exact) mass is 392 g/mol. The van der Waals surface area contributed by atoms with Gasteiger partial charge in [-0.25, -0.2) is 4.98 Å². The van der Waals surface area contributed by atoms with Gasteiger partial charge in [-0.15, -0.1) is 11.3 Å².